The van der Waals surface area contributed by atoms with Crippen LogP contribution in [0.3, 0.4) is 0 Å². The lowest BCUT2D eigenvalue weighted by molar-refractivity contribution is 0.194. The van der Waals surface area contributed by atoms with Crippen LogP contribution in [0.2, 0.25) is 0 Å². The highest BCUT2D eigenvalue weighted by atomic mass is 16.4. The Morgan fingerprint density at radius 1 is 1.27 bits per heavy atom. The van der Waals surface area contributed by atoms with Gasteiger partial charge in [0.05, 0.1) is 17.1 Å². The maximum Gasteiger partial charge on any atom is 0.404 e. The molecule has 8 heteroatoms. The van der Waals surface area contributed by atoms with Crippen molar-refractivity contribution in [1.29, 1.82) is 0 Å². The summed E-state index contributed by atoms with van der Waals surface area (Å²) >= 11 is 0. The van der Waals surface area contributed by atoms with Crippen LogP contribution in [0.5, 0.6) is 0 Å². The number of anilines is 2. The maximum atomic E-state index is 10.6. The highest BCUT2D eigenvalue weighted by Gasteiger charge is 2.08. The molecule has 0 fully saturated rings. The van der Waals surface area contributed by atoms with E-state index in [2.05, 4.69) is 25.7 Å². The van der Waals surface area contributed by atoms with Crippen LogP contribution in [0.15, 0.2) is 36.7 Å². The zero-order chi connectivity index (χ0) is 18.7. The van der Waals surface area contributed by atoms with Gasteiger partial charge in [-0.3, -0.25) is 4.68 Å². The van der Waals surface area contributed by atoms with Gasteiger partial charge in [-0.2, -0.15) is 5.10 Å². The van der Waals surface area contributed by atoms with Crippen molar-refractivity contribution in [3.8, 4) is 11.3 Å². The first kappa shape index (κ1) is 17.4. The average Bonchev–Trinajstić information content (AvgIpc) is 2.91. The van der Waals surface area contributed by atoms with Crippen LogP contribution in [0.1, 0.15) is 16.8 Å². The summed E-state index contributed by atoms with van der Waals surface area (Å²) in [7, 11) is 1.86. The first-order chi connectivity index (χ1) is 12.4. The molecule has 0 saturated carbocycles. The molecular formula is C18H20N6O2. The number of nitrogens with zero attached hydrogens (tertiary/aromatic N) is 4. The molecule has 134 valence electrons. The van der Waals surface area contributed by atoms with Crippen molar-refractivity contribution in [2.75, 3.05) is 5.32 Å². The molecule has 3 aromatic rings. The third-order valence-corrected chi connectivity index (χ3v) is 3.98. The van der Waals surface area contributed by atoms with Gasteiger partial charge in [0.1, 0.15) is 0 Å². The van der Waals surface area contributed by atoms with Gasteiger partial charge in [-0.05, 0) is 37.1 Å². The Kier molecular flexibility index (Phi) is 4.83. The summed E-state index contributed by atoms with van der Waals surface area (Å²) in [5.41, 5.74) is 5.37. The Morgan fingerprint density at radius 3 is 2.73 bits per heavy atom. The second-order valence-corrected chi connectivity index (χ2v) is 5.99. The molecule has 0 radical (unpaired) electrons. The number of benzene rings is 1. The molecule has 0 aliphatic rings. The molecule has 1 aromatic carbocycles. The van der Waals surface area contributed by atoms with Crippen molar-refractivity contribution in [3.63, 3.8) is 0 Å². The minimum Gasteiger partial charge on any atom is -0.465 e. The highest BCUT2D eigenvalue weighted by molar-refractivity contribution is 5.66. The van der Waals surface area contributed by atoms with Crippen LogP contribution >= 0.6 is 0 Å². The van der Waals surface area contributed by atoms with Crippen LogP contribution in [0, 0.1) is 13.8 Å². The minimum absolute atomic E-state index is 0.276. The van der Waals surface area contributed by atoms with Crippen LogP contribution in [0.4, 0.5) is 16.4 Å². The Bertz CT molecular complexity index is 951. The number of carbonyl (C=O) groups is 1. The Hall–Kier alpha value is -3.42. The molecule has 0 saturated heterocycles. The number of amides is 1. The molecular weight excluding hydrogens is 332 g/mol. The normalized spacial score (nSPS) is 10.6. The zero-order valence-corrected chi connectivity index (χ0v) is 14.8. The summed E-state index contributed by atoms with van der Waals surface area (Å²) in [5, 5.41) is 18.6. The molecule has 0 bridgehead atoms. The summed E-state index contributed by atoms with van der Waals surface area (Å²) in [6.45, 7) is 4.14. The van der Waals surface area contributed by atoms with Crippen molar-refractivity contribution in [2.45, 2.75) is 20.4 Å². The predicted molar refractivity (Wildman–Crippen MR) is 98.3 cm³/mol. The Labute approximate surface area is 150 Å². The number of aromatic nitrogens is 4. The lowest BCUT2D eigenvalue weighted by Gasteiger charge is -2.09. The van der Waals surface area contributed by atoms with E-state index in [1.807, 2.05) is 51.4 Å². The second-order valence-electron chi connectivity index (χ2n) is 5.99. The fourth-order valence-electron chi connectivity index (χ4n) is 2.65. The smallest absolute Gasteiger partial charge is 0.404 e. The van der Waals surface area contributed by atoms with Crippen molar-refractivity contribution in [2.24, 2.45) is 7.05 Å². The van der Waals surface area contributed by atoms with Gasteiger partial charge >= 0.3 is 6.09 Å². The topological polar surface area (TPSA) is 105 Å². The summed E-state index contributed by atoms with van der Waals surface area (Å²) in [6.07, 6.45) is 2.54. The predicted octanol–water partition coefficient (Wildman–Crippen LogP) is 3.01. The van der Waals surface area contributed by atoms with Gasteiger partial charge in [0, 0.05) is 31.5 Å². The summed E-state index contributed by atoms with van der Waals surface area (Å²) < 4.78 is 1.73. The van der Waals surface area contributed by atoms with Crippen LogP contribution < -0.4 is 10.6 Å². The highest BCUT2D eigenvalue weighted by Crippen LogP contribution is 2.23. The molecule has 8 nitrogen and oxygen atoms in total. The van der Waals surface area contributed by atoms with E-state index in [0.717, 1.165) is 33.8 Å². The summed E-state index contributed by atoms with van der Waals surface area (Å²) in [6, 6.07) is 7.65. The molecule has 3 N–H and O–H groups in total. The SMILES string of the molecule is Cc1cc(-c2ccnc(Nc3cn(C)nc3C)n2)ccc1CNC(=O)O. The quantitative estimate of drug-likeness (QED) is 0.652. The lowest BCUT2D eigenvalue weighted by Crippen LogP contribution is -2.20. The largest absolute Gasteiger partial charge is 0.465 e. The van der Waals surface area contributed by atoms with Crippen LogP contribution in [-0.4, -0.2) is 30.9 Å². The van der Waals surface area contributed by atoms with E-state index in [4.69, 9.17) is 5.11 Å². The first-order valence-electron chi connectivity index (χ1n) is 8.09. The second kappa shape index (κ2) is 7.22. The van der Waals surface area contributed by atoms with Gasteiger partial charge in [0.2, 0.25) is 5.95 Å². The summed E-state index contributed by atoms with van der Waals surface area (Å²) in [4.78, 5) is 19.5. The van der Waals surface area contributed by atoms with E-state index in [1.165, 1.54) is 0 Å². The number of rotatable bonds is 5. The molecule has 2 heterocycles. The van der Waals surface area contributed by atoms with E-state index in [0.29, 0.717) is 5.95 Å². The molecule has 0 unspecified atom stereocenters. The molecule has 0 aliphatic heterocycles. The van der Waals surface area contributed by atoms with Crippen molar-refractivity contribution < 1.29 is 9.90 Å². The van der Waals surface area contributed by atoms with Gasteiger partial charge in [-0.15, -0.1) is 0 Å². The third kappa shape index (κ3) is 3.97. The molecule has 3 rings (SSSR count). The number of hydrogen-bond donors (Lipinski definition) is 3. The standard InChI is InChI=1S/C18H20N6O2/c1-11-8-13(4-5-14(11)9-20-18(25)26)15-6-7-19-17(21-15)22-16-10-24(3)23-12(16)2/h4-8,10,20H,9H2,1-3H3,(H,25,26)(H,19,21,22). The Balaban J connectivity index is 1.82. The fraction of sp³-hybridized carbons (Fsp3) is 0.222. The molecule has 26 heavy (non-hydrogen) atoms. The van der Waals surface area contributed by atoms with Gasteiger partial charge in [0.15, 0.2) is 0 Å². The van der Waals surface area contributed by atoms with E-state index in [-0.39, 0.29) is 6.54 Å². The van der Waals surface area contributed by atoms with E-state index in [1.54, 1.807) is 10.9 Å². The molecule has 0 spiro atoms. The number of nitrogens with one attached hydrogen (secondary N) is 2. The van der Waals surface area contributed by atoms with E-state index in [9.17, 15) is 4.79 Å². The number of carboxylic acid groups (broad SMARTS) is 1. The minimum atomic E-state index is -1.04. The van der Waals surface area contributed by atoms with E-state index < -0.39 is 6.09 Å². The monoisotopic (exact) mass is 352 g/mol. The number of aryl methyl sites for hydroxylation is 3. The van der Waals surface area contributed by atoms with Crippen LogP contribution in [-0.2, 0) is 13.6 Å². The number of hydrogen-bond acceptors (Lipinski definition) is 5. The zero-order valence-electron chi connectivity index (χ0n) is 14.8. The van der Waals surface area contributed by atoms with Gasteiger partial charge in [0.25, 0.3) is 0 Å². The van der Waals surface area contributed by atoms with Gasteiger partial charge in [-0.1, -0.05) is 12.1 Å². The molecule has 1 amide bonds. The van der Waals surface area contributed by atoms with Crippen molar-refractivity contribution in [3.05, 3.63) is 53.5 Å². The van der Waals surface area contributed by atoms with Gasteiger partial charge in [-0.25, -0.2) is 14.8 Å². The maximum absolute atomic E-state index is 10.6. The van der Waals surface area contributed by atoms with Crippen molar-refractivity contribution in [1.82, 2.24) is 25.1 Å². The molecule has 0 aliphatic carbocycles. The lowest BCUT2D eigenvalue weighted by atomic mass is 10.0. The van der Waals surface area contributed by atoms with E-state index >= 15 is 0 Å². The van der Waals surface area contributed by atoms with Gasteiger partial charge < -0.3 is 15.7 Å². The average molecular weight is 352 g/mol. The third-order valence-electron chi connectivity index (χ3n) is 3.98. The Morgan fingerprint density at radius 2 is 2.08 bits per heavy atom. The fourth-order valence-corrected chi connectivity index (χ4v) is 2.65. The molecule has 0 atom stereocenters. The van der Waals surface area contributed by atoms with Crippen LogP contribution in [0.25, 0.3) is 11.3 Å². The van der Waals surface area contributed by atoms with Crippen molar-refractivity contribution >= 4 is 17.7 Å². The molecule has 2 aromatic heterocycles. The summed E-state index contributed by atoms with van der Waals surface area (Å²) in [5.74, 6) is 0.493. The first-order valence-corrected chi connectivity index (χ1v) is 8.09.